The highest BCUT2D eigenvalue weighted by Gasteiger charge is 2.64. The summed E-state index contributed by atoms with van der Waals surface area (Å²) in [4.78, 5) is 9.51. The van der Waals surface area contributed by atoms with Crippen LogP contribution in [-0.4, -0.2) is 44.8 Å². The molecule has 3 fully saturated rings. The molecule has 1 saturated carbocycles. The van der Waals surface area contributed by atoms with Crippen LogP contribution in [0.3, 0.4) is 0 Å². The minimum Gasteiger partial charge on any atom is -0.371 e. The third-order valence-electron chi connectivity index (χ3n) is 8.38. The Kier molecular flexibility index (Phi) is 5.85. The minimum absolute atomic E-state index is 0.0835. The van der Waals surface area contributed by atoms with Gasteiger partial charge >= 0.3 is 0 Å². The fourth-order valence-electron chi connectivity index (χ4n) is 6.21. The van der Waals surface area contributed by atoms with Crippen LogP contribution in [0.5, 0.6) is 0 Å². The van der Waals surface area contributed by atoms with Crippen molar-refractivity contribution in [3.05, 3.63) is 83.3 Å². The molecule has 1 unspecified atom stereocenters. The van der Waals surface area contributed by atoms with Crippen LogP contribution in [0.2, 0.25) is 0 Å². The van der Waals surface area contributed by atoms with Crippen molar-refractivity contribution in [3.8, 4) is 0 Å². The van der Waals surface area contributed by atoms with E-state index in [4.69, 9.17) is 10.4 Å². The monoisotopic (exact) mass is 502 g/mol. The van der Waals surface area contributed by atoms with Gasteiger partial charge in [0.1, 0.15) is 17.5 Å². The first-order chi connectivity index (χ1) is 17.9. The summed E-state index contributed by atoms with van der Waals surface area (Å²) < 4.78 is 30.7. The number of nitrogens with zero attached hydrogens (tertiary/aromatic N) is 5. The van der Waals surface area contributed by atoms with Gasteiger partial charge in [0.15, 0.2) is 5.65 Å². The number of aromatic nitrogens is 3. The predicted octanol–water partition coefficient (Wildman–Crippen LogP) is 5.81. The van der Waals surface area contributed by atoms with Crippen LogP contribution in [-0.2, 0) is 5.54 Å². The molecule has 6 nitrogen and oxygen atoms in total. The summed E-state index contributed by atoms with van der Waals surface area (Å²) in [5.41, 5.74) is 3.71. The van der Waals surface area contributed by atoms with E-state index in [0.717, 1.165) is 68.1 Å². The molecule has 2 aromatic heterocycles. The maximum absolute atomic E-state index is 14.8. The highest BCUT2D eigenvalue weighted by molar-refractivity contribution is 5.82. The van der Waals surface area contributed by atoms with Crippen molar-refractivity contribution < 1.29 is 8.78 Å². The van der Waals surface area contributed by atoms with Crippen molar-refractivity contribution in [1.29, 1.82) is 5.41 Å². The van der Waals surface area contributed by atoms with E-state index in [2.05, 4.69) is 40.1 Å². The Morgan fingerprint density at radius 2 is 2.00 bits per heavy atom. The SMILES string of the molecule is C/C=C(\C=C/C(C)c1cnn2ccc(N3CC[C@H]4C[C@]43c3cc(F)ccc3F)nc12)N1CCC(=N)CC1. The first kappa shape index (κ1) is 23.8. The molecule has 0 spiro atoms. The Hall–Kier alpha value is -3.55. The molecular formula is C29H32F2N6. The summed E-state index contributed by atoms with van der Waals surface area (Å²) >= 11 is 0. The van der Waals surface area contributed by atoms with Crippen LogP contribution in [0.1, 0.15) is 56.6 Å². The maximum atomic E-state index is 14.8. The number of likely N-dealkylation sites (tertiary alicyclic amines) is 1. The lowest BCUT2D eigenvalue weighted by Crippen LogP contribution is -2.34. The number of fused-ring (bicyclic) bond motifs is 2. The Labute approximate surface area is 215 Å². The van der Waals surface area contributed by atoms with Crippen molar-refractivity contribution in [1.82, 2.24) is 19.5 Å². The van der Waals surface area contributed by atoms with E-state index in [-0.39, 0.29) is 11.7 Å². The normalized spacial score (nSPS) is 24.8. The number of allylic oxidation sites excluding steroid dienone is 3. The molecule has 37 heavy (non-hydrogen) atoms. The lowest BCUT2D eigenvalue weighted by Gasteiger charge is -2.30. The Balaban J connectivity index is 1.28. The average molecular weight is 503 g/mol. The fraction of sp³-hybridized carbons (Fsp3) is 0.414. The molecule has 2 aliphatic heterocycles. The highest BCUT2D eigenvalue weighted by atomic mass is 19.1. The van der Waals surface area contributed by atoms with E-state index in [1.165, 1.54) is 23.9 Å². The summed E-state index contributed by atoms with van der Waals surface area (Å²) in [6.07, 6.45) is 13.6. The van der Waals surface area contributed by atoms with Crippen molar-refractivity contribution in [2.24, 2.45) is 5.92 Å². The third-order valence-corrected chi connectivity index (χ3v) is 8.38. The molecule has 3 aromatic rings. The number of piperidine rings is 2. The number of benzene rings is 1. The van der Waals surface area contributed by atoms with Crippen LogP contribution < -0.4 is 4.90 Å². The number of anilines is 1. The zero-order valence-electron chi connectivity index (χ0n) is 21.3. The first-order valence-corrected chi connectivity index (χ1v) is 13.1. The predicted molar refractivity (Wildman–Crippen MR) is 141 cm³/mol. The molecule has 3 aliphatic rings. The molecule has 1 aromatic carbocycles. The number of hydrogen-bond acceptors (Lipinski definition) is 5. The number of halogens is 2. The van der Waals surface area contributed by atoms with Crippen LogP contribution >= 0.6 is 0 Å². The van der Waals surface area contributed by atoms with Crippen molar-refractivity contribution in [2.45, 2.75) is 51.0 Å². The van der Waals surface area contributed by atoms with Gasteiger partial charge in [0.2, 0.25) is 0 Å². The molecule has 4 heterocycles. The van der Waals surface area contributed by atoms with Gasteiger partial charge in [-0.1, -0.05) is 19.1 Å². The van der Waals surface area contributed by atoms with E-state index in [1.807, 2.05) is 25.4 Å². The standard InChI is InChI=1S/C29H32F2N6/c1-3-23(35-12-9-22(32)10-13-35)6-4-19(2)24-18-33-37-15-11-27(34-28(24)37)36-14-8-20-17-29(20,36)25-16-21(30)5-7-26(25)31/h3-7,11,15-16,18-20,32H,8-10,12-14,17H2,1-2H3/b6-4-,23-3+/t19?,20-,29+/m0/s1. The van der Waals surface area contributed by atoms with E-state index >= 15 is 0 Å². The van der Waals surface area contributed by atoms with Gasteiger partial charge in [-0.05, 0) is 56.0 Å². The average Bonchev–Trinajstić information content (AvgIpc) is 3.27. The van der Waals surface area contributed by atoms with Crippen molar-refractivity contribution in [3.63, 3.8) is 0 Å². The van der Waals surface area contributed by atoms with Crippen molar-refractivity contribution in [2.75, 3.05) is 24.5 Å². The summed E-state index contributed by atoms with van der Waals surface area (Å²) in [5, 5.41) is 12.4. The summed E-state index contributed by atoms with van der Waals surface area (Å²) in [5.74, 6) is 0.407. The third kappa shape index (κ3) is 4.03. The Morgan fingerprint density at radius 3 is 2.76 bits per heavy atom. The summed E-state index contributed by atoms with van der Waals surface area (Å²) in [6.45, 7) is 6.71. The lowest BCUT2D eigenvalue weighted by atomic mass is 10.0. The van der Waals surface area contributed by atoms with Gasteiger partial charge < -0.3 is 15.2 Å². The van der Waals surface area contributed by atoms with Crippen LogP contribution in [0.25, 0.3) is 5.65 Å². The van der Waals surface area contributed by atoms with Crippen molar-refractivity contribution >= 4 is 17.2 Å². The van der Waals surface area contributed by atoms with E-state index < -0.39 is 11.4 Å². The van der Waals surface area contributed by atoms with Crippen LogP contribution in [0, 0.1) is 23.0 Å². The molecule has 0 amide bonds. The largest absolute Gasteiger partial charge is 0.371 e. The van der Waals surface area contributed by atoms with E-state index in [9.17, 15) is 8.78 Å². The van der Waals surface area contributed by atoms with Gasteiger partial charge in [0.05, 0.1) is 11.7 Å². The molecular weight excluding hydrogens is 470 g/mol. The summed E-state index contributed by atoms with van der Waals surface area (Å²) in [7, 11) is 0. The van der Waals surface area contributed by atoms with E-state index in [1.54, 1.807) is 4.52 Å². The molecule has 6 rings (SSSR count). The molecule has 0 radical (unpaired) electrons. The highest BCUT2D eigenvalue weighted by Crippen LogP contribution is 2.63. The lowest BCUT2D eigenvalue weighted by molar-refractivity contribution is 0.354. The quantitative estimate of drug-likeness (QED) is 0.432. The van der Waals surface area contributed by atoms with Gasteiger partial charge in [-0.2, -0.15) is 5.10 Å². The molecule has 1 aliphatic carbocycles. The van der Waals surface area contributed by atoms with Crippen LogP contribution in [0.4, 0.5) is 14.6 Å². The number of nitrogens with one attached hydrogen (secondary N) is 1. The smallest absolute Gasteiger partial charge is 0.161 e. The minimum atomic E-state index is -0.519. The maximum Gasteiger partial charge on any atom is 0.161 e. The molecule has 8 heteroatoms. The topological polar surface area (TPSA) is 60.5 Å². The second-order valence-electron chi connectivity index (χ2n) is 10.5. The molecule has 2 saturated heterocycles. The molecule has 192 valence electrons. The van der Waals surface area contributed by atoms with Gasteiger partial charge in [0.25, 0.3) is 0 Å². The van der Waals surface area contributed by atoms with Gasteiger partial charge in [-0.3, -0.25) is 0 Å². The number of rotatable bonds is 6. The second-order valence-corrected chi connectivity index (χ2v) is 10.5. The second kappa shape index (κ2) is 9.08. The zero-order valence-corrected chi connectivity index (χ0v) is 21.3. The Morgan fingerprint density at radius 1 is 1.19 bits per heavy atom. The van der Waals surface area contributed by atoms with Gasteiger partial charge in [-0.15, -0.1) is 0 Å². The molecule has 3 atom stereocenters. The zero-order chi connectivity index (χ0) is 25.7. The Bertz CT molecular complexity index is 1420. The molecule has 1 N–H and O–H groups in total. The summed E-state index contributed by atoms with van der Waals surface area (Å²) in [6, 6.07) is 5.70. The fourth-order valence-corrected chi connectivity index (χ4v) is 6.21. The van der Waals surface area contributed by atoms with Gasteiger partial charge in [-0.25, -0.2) is 18.3 Å². The molecule has 0 bridgehead atoms. The van der Waals surface area contributed by atoms with E-state index in [0.29, 0.717) is 11.5 Å². The van der Waals surface area contributed by atoms with Gasteiger partial charge in [0, 0.05) is 67.1 Å². The first-order valence-electron chi connectivity index (χ1n) is 13.1. The number of hydrogen-bond donors (Lipinski definition) is 1. The van der Waals surface area contributed by atoms with Crippen LogP contribution in [0.15, 0.2) is 60.6 Å².